The summed E-state index contributed by atoms with van der Waals surface area (Å²) in [4.78, 5) is 3.30. The number of nitrogens with two attached hydrogens (primary N) is 1. The second-order valence-corrected chi connectivity index (χ2v) is 5.59. The van der Waals surface area contributed by atoms with E-state index in [2.05, 4.69) is 26.9 Å². The Kier molecular flexibility index (Phi) is 5.05. The van der Waals surface area contributed by atoms with E-state index in [1.54, 1.807) is 11.3 Å². The summed E-state index contributed by atoms with van der Waals surface area (Å²) < 4.78 is 1.11. The van der Waals surface area contributed by atoms with Crippen LogP contribution in [-0.2, 0) is 0 Å². The Morgan fingerprint density at radius 1 is 1.64 bits per heavy atom. The molecule has 0 aliphatic heterocycles. The van der Waals surface area contributed by atoms with Crippen molar-refractivity contribution in [1.82, 2.24) is 4.90 Å². The minimum atomic E-state index is 0.166. The van der Waals surface area contributed by atoms with Gasteiger partial charge in [-0.15, -0.1) is 11.3 Å². The highest BCUT2D eigenvalue weighted by Gasteiger charge is 2.16. The number of aliphatic hydroxyl groups excluding tert-OH is 1. The smallest absolute Gasteiger partial charge is 0.0702 e. The fourth-order valence-electron chi connectivity index (χ4n) is 1.33. The molecule has 0 saturated heterocycles. The van der Waals surface area contributed by atoms with Crippen LogP contribution in [0.4, 0.5) is 0 Å². The van der Waals surface area contributed by atoms with Crippen molar-refractivity contribution in [1.29, 1.82) is 0 Å². The van der Waals surface area contributed by atoms with Crippen LogP contribution in [0.5, 0.6) is 0 Å². The number of rotatable bonds is 5. The van der Waals surface area contributed by atoms with Crippen LogP contribution in [0.15, 0.2) is 15.9 Å². The molecule has 1 heterocycles. The van der Waals surface area contributed by atoms with Crippen LogP contribution in [0, 0.1) is 0 Å². The molecule has 1 aromatic heterocycles. The number of hydrogen-bond acceptors (Lipinski definition) is 4. The van der Waals surface area contributed by atoms with Gasteiger partial charge in [-0.2, -0.15) is 0 Å². The Morgan fingerprint density at radius 3 is 2.79 bits per heavy atom. The van der Waals surface area contributed by atoms with Gasteiger partial charge in [-0.1, -0.05) is 0 Å². The molecule has 5 heteroatoms. The Labute approximate surface area is 96.7 Å². The summed E-state index contributed by atoms with van der Waals surface area (Å²) in [5.74, 6) is 0. The minimum Gasteiger partial charge on any atom is -0.395 e. The third kappa shape index (κ3) is 3.03. The lowest BCUT2D eigenvalue weighted by Gasteiger charge is -2.25. The van der Waals surface area contributed by atoms with Crippen LogP contribution < -0.4 is 5.73 Å². The van der Waals surface area contributed by atoms with Crippen LogP contribution in [0.25, 0.3) is 0 Å². The number of nitrogens with zero attached hydrogens (tertiary/aromatic N) is 1. The van der Waals surface area contributed by atoms with E-state index in [-0.39, 0.29) is 12.6 Å². The predicted molar refractivity (Wildman–Crippen MR) is 63.5 cm³/mol. The maximum absolute atomic E-state index is 8.84. The third-order valence-electron chi connectivity index (χ3n) is 2.13. The minimum absolute atomic E-state index is 0.166. The summed E-state index contributed by atoms with van der Waals surface area (Å²) in [7, 11) is 1.97. The maximum atomic E-state index is 8.84. The normalized spacial score (nSPS) is 13.5. The molecule has 3 N–H and O–H groups in total. The molecule has 14 heavy (non-hydrogen) atoms. The van der Waals surface area contributed by atoms with Gasteiger partial charge in [0.25, 0.3) is 0 Å². The number of halogens is 1. The van der Waals surface area contributed by atoms with E-state index in [0.29, 0.717) is 13.1 Å². The van der Waals surface area contributed by atoms with Gasteiger partial charge in [0, 0.05) is 18.0 Å². The molecule has 0 radical (unpaired) electrons. The van der Waals surface area contributed by atoms with E-state index in [0.717, 1.165) is 3.79 Å². The van der Waals surface area contributed by atoms with Crippen molar-refractivity contribution in [3.63, 3.8) is 0 Å². The van der Waals surface area contributed by atoms with Gasteiger partial charge in [-0.3, -0.25) is 4.90 Å². The molecule has 0 amide bonds. The van der Waals surface area contributed by atoms with Crippen molar-refractivity contribution in [3.8, 4) is 0 Å². The average molecular weight is 279 g/mol. The van der Waals surface area contributed by atoms with Crippen LogP contribution >= 0.6 is 27.3 Å². The third-order valence-corrected chi connectivity index (χ3v) is 3.86. The van der Waals surface area contributed by atoms with Crippen LogP contribution in [0.1, 0.15) is 10.9 Å². The van der Waals surface area contributed by atoms with Crippen molar-refractivity contribution in [3.05, 3.63) is 20.8 Å². The summed E-state index contributed by atoms with van der Waals surface area (Å²) in [5.41, 5.74) is 5.71. The zero-order valence-electron chi connectivity index (χ0n) is 8.11. The van der Waals surface area contributed by atoms with Gasteiger partial charge in [-0.25, -0.2) is 0 Å². The van der Waals surface area contributed by atoms with E-state index in [9.17, 15) is 0 Å². The second-order valence-electron chi connectivity index (χ2n) is 3.10. The molecule has 1 unspecified atom stereocenters. The molecule has 0 fully saturated rings. The summed E-state index contributed by atoms with van der Waals surface area (Å²) in [5, 5.41) is 8.84. The highest BCUT2D eigenvalue weighted by molar-refractivity contribution is 9.11. The fraction of sp³-hybridized carbons (Fsp3) is 0.556. The first kappa shape index (κ1) is 12.1. The molecule has 0 aliphatic carbocycles. The average Bonchev–Trinajstić information content (AvgIpc) is 2.54. The summed E-state index contributed by atoms with van der Waals surface area (Å²) in [6.45, 7) is 1.39. The lowest BCUT2D eigenvalue weighted by Crippen LogP contribution is -2.32. The van der Waals surface area contributed by atoms with Crippen LogP contribution in [-0.4, -0.2) is 36.8 Å². The van der Waals surface area contributed by atoms with Gasteiger partial charge in [0.15, 0.2) is 0 Å². The van der Waals surface area contributed by atoms with E-state index < -0.39 is 0 Å². The van der Waals surface area contributed by atoms with E-state index in [4.69, 9.17) is 10.8 Å². The zero-order valence-corrected chi connectivity index (χ0v) is 10.5. The summed E-state index contributed by atoms with van der Waals surface area (Å²) in [6.07, 6.45) is 0. The lowest BCUT2D eigenvalue weighted by atomic mass is 10.2. The molecular formula is C9H15BrN2OS. The summed E-state index contributed by atoms with van der Waals surface area (Å²) >= 11 is 5.12. The Morgan fingerprint density at radius 2 is 2.36 bits per heavy atom. The number of aliphatic hydroxyl groups is 1. The van der Waals surface area contributed by atoms with Crippen molar-refractivity contribution >= 4 is 27.3 Å². The molecule has 0 aromatic carbocycles. The zero-order chi connectivity index (χ0) is 10.6. The van der Waals surface area contributed by atoms with E-state index in [1.165, 1.54) is 4.88 Å². The van der Waals surface area contributed by atoms with Crippen molar-refractivity contribution in [2.75, 3.05) is 26.7 Å². The number of likely N-dealkylation sites (N-methyl/N-ethyl adjacent to an activating group) is 1. The largest absolute Gasteiger partial charge is 0.395 e. The topological polar surface area (TPSA) is 49.5 Å². The number of thiophene rings is 1. The van der Waals surface area contributed by atoms with Crippen LogP contribution in [0.3, 0.4) is 0 Å². The standard InChI is InChI=1S/C9H15BrN2OS/c1-12(4-5-13)7(6-11)8-2-3-9(10)14-8/h2-3,7,13H,4-6,11H2,1H3. The first-order valence-electron chi connectivity index (χ1n) is 4.45. The molecule has 1 atom stereocenters. The monoisotopic (exact) mass is 278 g/mol. The molecule has 0 bridgehead atoms. The van der Waals surface area contributed by atoms with Gasteiger partial charge in [0.2, 0.25) is 0 Å². The molecule has 0 spiro atoms. The van der Waals surface area contributed by atoms with Crippen LogP contribution in [0.2, 0.25) is 0 Å². The van der Waals surface area contributed by atoms with Gasteiger partial charge in [0.05, 0.1) is 16.4 Å². The van der Waals surface area contributed by atoms with Gasteiger partial charge < -0.3 is 10.8 Å². The number of hydrogen-bond donors (Lipinski definition) is 2. The van der Waals surface area contributed by atoms with E-state index in [1.807, 2.05) is 13.1 Å². The quantitative estimate of drug-likeness (QED) is 0.857. The molecule has 0 aliphatic rings. The van der Waals surface area contributed by atoms with Crippen molar-refractivity contribution in [2.24, 2.45) is 5.73 Å². The predicted octanol–water partition coefficient (Wildman–Crippen LogP) is 1.43. The Hall–Kier alpha value is 0.0600. The second kappa shape index (κ2) is 5.82. The Bertz CT molecular complexity index is 280. The SMILES string of the molecule is CN(CCO)C(CN)c1ccc(Br)s1. The first-order chi connectivity index (χ1) is 6.69. The summed E-state index contributed by atoms with van der Waals surface area (Å²) in [6, 6.07) is 4.30. The lowest BCUT2D eigenvalue weighted by molar-refractivity contribution is 0.185. The van der Waals surface area contributed by atoms with Crippen molar-refractivity contribution in [2.45, 2.75) is 6.04 Å². The van der Waals surface area contributed by atoms with Gasteiger partial charge in [-0.05, 0) is 35.1 Å². The van der Waals surface area contributed by atoms with Crippen molar-refractivity contribution < 1.29 is 5.11 Å². The maximum Gasteiger partial charge on any atom is 0.0702 e. The molecule has 80 valence electrons. The molecule has 1 rings (SSSR count). The van der Waals surface area contributed by atoms with E-state index >= 15 is 0 Å². The molecule has 0 saturated carbocycles. The van der Waals surface area contributed by atoms with Gasteiger partial charge >= 0.3 is 0 Å². The first-order valence-corrected chi connectivity index (χ1v) is 6.06. The highest BCUT2D eigenvalue weighted by Crippen LogP contribution is 2.29. The fourth-order valence-corrected chi connectivity index (χ4v) is 2.94. The molecular weight excluding hydrogens is 264 g/mol. The Balaban J connectivity index is 2.71. The molecule has 3 nitrogen and oxygen atoms in total. The molecule has 1 aromatic rings. The van der Waals surface area contributed by atoms with Gasteiger partial charge in [0.1, 0.15) is 0 Å². The highest BCUT2D eigenvalue weighted by atomic mass is 79.9.